The molecule has 0 atom stereocenters. The van der Waals surface area contributed by atoms with Crippen molar-refractivity contribution in [3.8, 4) is 0 Å². The molecule has 1 aliphatic rings. The zero-order chi connectivity index (χ0) is 13.4. The maximum atomic E-state index is 12.1. The molecule has 0 spiro atoms. The van der Waals surface area contributed by atoms with E-state index < -0.39 is 0 Å². The van der Waals surface area contributed by atoms with Gasteiger partial charge in [0.1, 0.15) is 11.6 Å². The van der Waals surface area contributed by atoms with Crippen molar-refractivity contribution in [1.29, 1.82) is 0 Å². The molecule has 2 N–H and O–H groups in total. The summed E-state index contributed by atoms with van der Waals surface area (Å²) in [7, 11) is 0. The van der Waals surface area contributed by atoms with E-state index in [1.807, 2.05) is 13.0 Å². The van der Waals surface area contributed by atoms with Gasteiger partial charge in [0.15, 0.2) is 5.78 Å². The number of hydrogen-bond acceptors (Lipinski definition) is 3. The van der Waals surface area contributed by atoms with E-state index in [4.69, 9.17) is 0 Å². The SMILES string of the molecule is Cc1cc[nH]c1N=CC1=C(O)c2ccccc2C1=O. The highest BCUT2D eigenvalue weighted by atomic mass is 16.3. The normalized spacial score (nSPS) is 14.5. The lowest BCUT2D eigenvalue weighted by molar-refractivity contribution is 0.104. The van der Waals surface area contributed by atoms with E-state index in [1.165, 1.54) is 6.21 Å². The fraction of sp³-hybridized carbons (Fsp3) is 0.0667. The number of hydrogen-bond donors (Lipinski definition) is 2. The molecule has 0 aliphatic heterocycles. The van der Waals surface area contributed by atoms with Crippen molar-refractivity contribution in [3.05, 3.63) is 58.8 Å². The van der Waals surface area contributed by atoms with E-state index in [2.05, 4.69) is 9.98 Å². The molecule has 19 heavy (non-hydrogen) atoms. The second kappa shape index (κ2) is 4.24. The minimum Gasteiger partial charge on any atom is -0.506 e. The van der Waals surface area contributed by atoms with Gasteiger partial charge in [-0.1, -0.05) is 24.3 Å². The second-order valence-electron chi connectivity index (χ2n) is 4.40. The third-order valence-electron chi connectivity index (χ3n) is 3.18. The molecule has 1 heterocycles. The fourth-order valence-corrected chi connectivity index (χ4v) is 2.11. The summed E-state index contributed by atoms with van der Waals surface area (Å²) in [6.07, 6.45) is 3.19. The number of fused-ring (bicyclic) bond motifs is 1. The van der Waals surface area contributed by atoms with Gasteiger partial charge in [-0.05, 0) is 18.6 Å². The van der Waals surface area contributed by atoms with Gasteiger partial charge < -0.3 is 10.1 Å². The van der Waals surface area contributed by atoms with Gasteiger partial charge in [0.2, 0.25) is 0 Å². The van der Waals surface area contributed by atoms with Gasteiger partial charge in [0, 0.05) is 23.5 Å². The molecule has 4 nitrogen and oxygen atoms in total. The quantitative estimate of drug-likeness (QED) is 0.806. The predicted molar refractivity (Wildman–Crippen MR) is 74.0 cm³/mol. The van der Waals surface area contributed by atoms with Crippen molar-refractivity contribution in [2.75, 3.05) is 0 Å². The molecule has 4 heteroatoms. The Balaban J connectivity index is 2.00. The lowest BCUT2D eigenvalue weighted by Crippen LogP contribution is -1.99. The first-order valence-corrected chi connectivity index (χ1v) is 5.94. The van der Waals surface area contributed by atoms with E-state index >= 15 is 0 Å². The van der Waals surface area contributed by atoms with E-state index in [1.54, 1.807) is 30.5 Å². The number of carbonyl (C=O) groups is 1. The van der Waals surface area contributed by atoms with Crippen LogP contribution in [0.1, 0.15) is 21.5 Å². The summed E-state index contributed by atoms with van der Waals surface area (Å²) in [6, 6.07) is 8.89. The average molecular weight is 252 g/mol. The van der Waals surface area contributed by atoms with Gasteiger partial charge in [-0.2, -0.15) is 0 Å². The number of aromatic amines is 1. The first kappa shape index (κ1) is 11.5. The molecule has 0 bridgehead atoms. The number of aryl methyl sites for hydroxylation is 1. The maximum Gasteiger partial charge on any atom is 0.199 e. The minimum absolute atomic E-state index is 0.00596. The topological polar surface area (TPSA) is 65.4 Å². The molecule has 0 fully saturated rings. The van der Waals surface area contributed by atoms with Gasteiger partial charge in [0.05, 0.1) is 5.57 Å². The van der Waals surface area contributed by atoms with E-state index in [-0.39, 0.29) is 17.1 Å². The van der Waals surface area contributed by atoms with Gasteiger partial charge in [0.25, 0.3) is 0 Å². The highest BCUT2D eigenvalue weighted by molar-refractivity contribution is 6.30. The van der Waals surface area contributed by atoms with E-state index in [9.17, 15) is 9.90 Å². The zero-order valence-electron chi connectivity index (χ0n) is 10.3. The molecule has 3 rings (SSSR count). The largest absolute Gasteiger partial charge is 0.506 e. The third-order valence-corrected chi connectivity index (χ3v) is 3.18. The van der Waals surface area contributed by atoms with Gasteiger partial charge in [-0.15, -0.1) is 0 Å². The number of rotatable bonds is 2. The molecule has 0 unspecified atom stereocenters. The first-order chi connectivity index (χ1) is 9.18. The molecule has 0 radical (unpaired) electrons. The molecule has 0 saturated carbocycles. The number of aliphatic hydroxyl groups excluding tert-OH is 1. The smallest absolute Gasteiger partial charge is 0.199 e. The number of aliphatic imine (C=N–C) groups is 1. The minimum atomic E-state index is -0.193. The van der Waals surface area contributed by atoms with Crippen LogP contribution in [-0.4, -0.2) is 22.1 Å². The summed E-state index contributed by atoms with van der Waals surface area (Å²) in [6.45, 7) is 1.92. The Morgan fingerprint density at radius 2 is 1.95 bits per heavy atom. The summed E-state index contributed by atoms with van der Waals surface area (Å²) >= 11 is 0. The first-order valence-electron chi connectivity index (χ1n) is 5.94. The van der Waals surface area contributed by atoms with Crippen molar-refractivity contribution in [2.24, 2.45) is 4.99 Å². The van der Waals surface area contributed by atoms with Gasteiger partial charge in [-0.25, -0.2) is 4.99 Å². The standard InChI is InChI=1S/C15H12N2O2/c1-9-6-7-16-15(9)17-8-12-13(18)10-4-2-3-5-11(10)14(12)19/h2-8,16,18H,1H3. The zero-order valence-corrected chi connectivity index (χ0v) is 10.3. The maximum absolute atomic E-state index is 12.1. The van der Waals surface area contributed by atoms with Crippen LogP contribution in [0.2, 0.25) is 0 Å². The number of aliphatic hydroxyl groups is 1. The molecule has 1 aromatic heterocycles. The Hall–Kier alpha value is -2.62. The Morgan fingerprint density at radius 1 is 1.21 bits per heavy atom. The number of allylic oxidation sites excluding steroid dienone is 1. The molecule has 0 saturated heterocycles. The highest BCUT2D eigenvalue weighted by Gasteiger charge is 2.27. The van der Waals surface area contributed by atoms with E-state index in [0.29, 0.717) is 16.9 Å². The summed E-state index contributed by atoms with van der Waals surface area (Å²) in [5.74, 6) is 0.485. The van der Waals surface area contributed by atoms with Crippen molar-refractivity contribution in [3.63, 3.8) is 0 Å². The van der Waals surface area contributed by atoms with Crippen molar-refractivity contribution in [1.82, 2.24) is 4.98 Å². The number of Topliss-reactive ketones (excluding diaryl/α,β-unsaturated/α-hetero) is 1. The monoisotopic (exact) mass is 252 g/mol. The van der Waals surface area contributed by atoms with Crippen LogP contribution in [0.5, 0.6) is 0 Å². The molecule has 2 aromatic rings. The van der Waals surface area contributed by atoms with Gasteiger partial charge in [-0.3, -0.25) is 4.79 Å². The lowest BCUT2D eigenvalue weighted by Gasteiger charge is -1.95. The molecule has 0 amide bonds. The number of nitrogens with zero attached hydrogens (tertiary/aromatic N) is 1. The average Bonchev–Trinajstić information content (AvgIpc) is 2.93. The van der Waals surface area contributed by atoms with Crippen LogP contribution in [0.3, 0.4) is 0 Å². The number of ketones is 1. The molecule has 1 aliphatic carbocycles. The predicted octanol–water partition coefficient (Wildman–Crippen LogP) is 3.19. The lowest BCUT2D eigenvalue weighted by atomic mass is 10.1. The summed E-state index contributed by atoms with van der Waals surface area (Å²) in [5, 5.41) is 10.1. The van der Waals surface area contributed by atoms with E-state index in [0.717, 1.165) is 5.56 Å². The fourth-order valence-electron chi connectivity index (χ4n) is 2.11. The summed E-state index contributed by atoms with van der Waals surface area (Å²) in [4.78, 5) is 19.3. The molecule has 94 valence electrons. The van der Waals surface area contributed by atoms with Crippen molar-refractivity contribution < 1.29 is 9.90 Å². The molecular weight excluding hydrogens is 240 g/mol. The number of benzene rings is 1. The van der Waals surface area contributed by atoms with Crippen LogP contribution >= 0.6 is 0 Å². The molecular formula is C15H12N2O2. The number of nitrogens with one attached hydrogen (secondary N) is 1. The number of carbonyl (C=O) groups excluding carboxylic acids is 1. The van der Waals surface area contributed by atoms with Crippen LogP contribution in [0.15, 0.2) is 47.1 Å². The van der Waals surface area contributed by atoms with Crippen molar-refractivity contribution in [2.45, 2.75) is 6.92 Å². The summed E-state index contributed by atoms with van der Waals surface area (Å²) in [5.41, 5.74) is 2.30. The van der Waals surface area contributed by atoms with Crippen LogP contribution < -0.4 is 0 Å². The van der Waals surface area contributed by atoms with Crippen LogP contribution in [0, 0.1) is 6.92 Å². The van der Waals surface area contributed by atoms with Crippen molar-refractivity contribution >= 4 is 23.6 Å². The summed E-state index contributed by atoms with van der Waals surface area (Å²) < 4.78 is 0. The second-order valence-corrected chi connectivity index (χ2v) is 4.40. The van der Waals surface area contributed by atoms with Gasteiger partial charge >= 0.3 is 0 Å². The Morgan fingerprint density at radius 3 is 2.58 bits per heavy atom. The number of aromatic nitrogens is 1. The Bertz CT molecular complexity index is 723. The van der Waals surface area contributed by atoms with Crippen LogP contribution in [-0.2, 0) is 0 Å². The van der Waals surface area contributed by atoms with Crippen LogP contribution in [0.4, 0.5) is 5.82 Å². The number of H-pyrrole nitrogens is 1. The molecule has 1 aromatic carbocycles. The van der Waals surface area contributed by atoms with Crippen LogP contribution in [0.25, 0.3) is 5.76 Å². The Labute approximate surface area is 110 Å². The third kappa shape index (κ3) is 1.78. The Kier molecular flexibility index (Phi) is 2.56. The highest BCUT2D eigenvalue weighted by Crippen LogP contribution is 2.30.